The first-order valence-electron chi connectivity index (χ1n) is 6.17. The number of rotatable bonds is 1. The van der Waals surface area contributed by atoms with E-state index < -0.39 is 6.09 Å². The lowest BCUT2D eigenvalue weighted by molar-refractivity contribution is 0.141. The van der Waals surface area contributed by atoms with Crippen molar-refractivity contribution in [1.82, 2.24) is 9.80 Å². The minimum absolute atomic E-state index is 0.662. The molecule has 0 saturated carbocycles. The largest absolute Gasteiger partial charge is 0.465 e. The number of amides is 1. The van der Waals surface area contributed by atoms with Gasteiger partial charge in [-0.25, -0.2) is 4.79 Å². The van der Waals surface area contributed by atoms with Gasteiger partial charge < -0.3 is 14.9 Å². The SMILES string of the molecule is O=C(O)N1CCC(=CN2CCCCC2)CC1. The van der Waals surface area contributed by atoms with Gasteiger partial charge in [0.15, 0.2) is 0 Å². The van der Waals surface area contributed by atoms with E-state index in [1.807, 2.05) is 0 Å². The predicted molar refractivity (Wildman–Crippen MR) is 62.3 cm³/mol. The number of hydrogen-bond acceptors (Lipinski definition) is 2. The summed E-state index contributed by atoms with van der Waals surface area (Å²) in [5, 5.41) is 8.84. The Morgan fingerprint density at radius 2 is 1.69 bits per heavy atom. The molecular weight excluding hydrogens is 204 g/mol. The van der Waals surface area contributed by atoms with E-state index in [-0.39, 0.29) is 0 Å². The molecule has 1 N–H and O–H groups in total. The van der Waals surface area contributed by atoms with Crippen molar-refractivity contribution >= 4 is 6.09 Å². The van der Waals surface area contributed by atoms with Gasteiger partial charge in [0, 0.05) is 26.2 Å². The highest BCUT2D eigenvalue weighted by Gasteiger charge is 2.18. The van der Waals surface area contributed by atoms with Gasteiger partial charge in [0.05, 0.1) is 0 Å². The number of hydrogen-bond donors (Lipinski definition) is 1. The smallest absolute Gasteiger partial charge is 0.407 e. The fourth-order valence-corrected chi connectivity index (χ4v) is 2.42. The number of likely N-dealkylation sites (tertiary alicyclic amines) is 2. The summed E-state index contributed by atoms with van der Waals surface area (Å²) in [6.07, 6.45) is 7.25. The zero-order chi connectivity index (χ0) is 11.4. The summed E-state index contributed by atoms with van der Waals surface area (Å²) < 4.78 is 0. The molecule has 0 aliphatic carbocycles. The maximum Gasteiger partial charge on any atom is 0.407 e. The Bertz CT molecular complexity index is 273. The van der Waals surface area contributed by atoms with Gasteiger partial charge in [-0.2, -0.15) is 0 Å². The molecule has 2 saturated heterocycles. The summed E-state index contributed by atoms with van der Waals surface area (Å²) in [5.74, 6) is 0. The average molecular weight is 224 g/mol. The molecule has 0 aromatic heterocycles. The lowest BCUT2D eigenvalue weighted by Crippen LogP contribution is -2.35. The molecule has 2 aliphatic rings. The summed E-state index contributed by atoms with van der Waals surface area (Å²) in [6, 6.07) is 0. The topological polar surface area (TPSA) is 43.8 Å². The van der Waals surface area contributed by atoms with Crippen LogP contribution in [0.4, 0.5) is 4.79 Å². The molecular formula is C12H20N2O2. The second-order valence-electron chi connectivity index (χ2n) is 4.65. The van der Waals surface area contributed by atoms with Gasteiger partial charge >= 0.3 is 6.09 Å². The van der Waals surface area contributed by atoms with Crippen molar-refractivity contribution in [2.45, 2.75) is 32.1 Å². The van der Waals surface area contributed by atoms with Crippen molar-refractivity contribution < 1.29 is 9.90 Å². The monoisotopic (exact) mass is 224 g/mol. The molecule has 2 aliphatic heterocycles. The summed E-state index contributed by atoms with van der Waals surface area (Å²) in [5.41, 5.74) is 1.42. The molecule has 90 valence electrons. The number of carboxylic acid groups (broad SMARTS) is 1. The fourth-order valence-electron chi connectivity index (χ4n) is 2.42. The third kappa shape index (κ3) is 2.90. The Morgan fingerprint density at radius 3 is 2.25 bits per heavy atom. The van der Waals surface area contributed by atoms with E-state index >= 15 is 0 Å². The van der Waals surface area contributed by atoms with Gasteiger partial charge in [0.25, 0.3) is 0 Å². The predicted octanol–water partition coefficient (Wildman–Crippen LogP) is 2.13. The van der Waals surface area contributed by atoms with Crippen molar-refractivity contribution in [3.8, 4) is 0 Å². The zero-order valence-electron chi connectivity index (χ0n) is 9.69. The second-order valence-corrected chi connectivity index (χ2v) is 4.65. The van der Waals surface area contributed by atoms with Gasteiger partial charge in [-0.3, -0.25) is 0 Å². The summed E-state index contributed by atoms with van der Waals surface area (Å²) in [6.45, 7) is 3.67. The number of carbonyl (C=O) groups is 1. The first kappa shape index (κ1) is 11.3. The normalized spacial score (nSPS) is 22.1. The molecule has 4 nitrogen and oxygen atoms in total. The molecule has 0 spiro atoms. The highest BCUT2D eigenvalue weighted by atomic mass is 16.4. The lowest BCUT2D eigenvalue weighted by Gasteiger charge is -2.30. The van der Waals surface area contributed by atoms with Crippen LogP contribution in [0.1, 0.15) is 32.1 Å². The summed E-state index contributed by atoms with van der Waals surface area (Å²) in [4.78, 5) is 14.7. The third-order valence-corrected chi connectivity index (χ3v) is 3.43. The molecule has 0 atom stereocenters. The van der Waals surface area contributed by atoms with Gasteiger partial charge in [-0.15, -0.1) is 0 Å². The van der Waals surface area contributed by atoms with Crippen molar-refractivity contribution in [2.75, 3.05) is 26.2 Å². The molecule has 1 amide bonds. The summed E-state index contributed by atoms with van der Waals surface area (Å²) in [7, 11) is 0. The van der Waals surface area contributed by atoms with Gasteiger partial charge in [0.1, 0.15) is 0 Å². The molecule has 2 rings (SSSR count). The average Bonchev–Trinajstić information content (AvgIpc) is 2.31. The van der Waals surface area contributed by atoms with Crippen LogP contribution in [0, 0.1) is 0 Å². The van der Waals surface area contributed by atoms with E-state index in [4.69, 9.17) is 5.11 Å². The van der Waals surface area contributed by atoms with Gasteiger partial charge in [-0.1, -0.05) is 5.57 Å². The van der Waals surface area contributed by atoms with Crippen LogP contribution in [0.2, 0.25) is 0 Å². The number of piperidine rings is 2. The van der Waals surface area contributed by atoms with Crippen LogP contribution in [0.3, 0.4) is 0 Å². The highest BCUT2D eigenvalue weighted by Crippen LogP contribution is 2.18. The molecule has 0 unspecified atom stereocenters. The molecule has 0 aromatic rings. The molecule has 0 radical (unpaired) electrons. The molecule has 0 aromatic carbocycles. The minimum atomic E-state index is -0.781. The minimum Gasteiger partial charge on any atom is -0.465 e. The van der Waals surface area contributed by atoms with E-state index in [2.05, 4.69) is 11.1 Å². The van der Waals surface area contributed by atoms with E-state index in [1.165, 1.54) is 42.8 Å². The molecule has 2 fully saturated rings. The Balaban J connectivity index is 1.83. The Kier molecular flexibility index (Phi) is 3.70. The van der Waals surface area contributed by atoms with E-state index in [0.29, 0.717) is 13.1 Å². The van der Waals surface area contributed by atoms with Crippen LogP contribution in [-0.2, 0) is 0 Å². The fraction of sp³-hybridized carbons (Fsp3) is 0.750. The highest BCUT2D eigenvalue weighted by molar-refractivity contribution is 5.65. The first-order valence-corrected chi connectivity index (χ1v) is 6.17. The van der Waals surface area contributed by atoms with Crippen molar-refractivity contribution in [2.24, 2.45) is 0 Å². The molecule has 0 bridgehead atoms. The maximum absolute atomic E-state index is 10.7. The van der Waals surface area contributed by atoms with Crippen molar-refractivity contribution in [1.29, 1.82) is 0 Å². The molecule has 4 heteroatoms. The van der Waals surface area contributed by atoms with Crippen LogP contribution < -0.4 is 0 Å². The third-order valence-electron chi connectivity index (χ3n) is 3.43. The van der Waals surface area contributed by atoms with Crippen molar-refractivity contribution in [3.05, 3.63) is 11.8 Å². The summed E-state index contributed by atoms with van der Waals surface area (Å²) >= 11 is 0. The lowest BCUT2D eigenvalue weighted by atomic mass is 10.0. The van der Waals surface area contributed by atoms with E-state index in [1.54, 1.807) is 0 Å². The second kappa shape index (κ2) is 5.23. The maximum atomic E-state index is 10.7. The van der Waals surface area contributed by atoms with E-state index in [9.17, 15) is 4.79 Å². The quantitative estimate of drug-likeness (QED) is 0.742. The molecule has 2 heterocycles. The van der Waals surface area contributed by atoms with Crippen LogP contribution in [0.25, 0.3) is 0 Å². The number of nitrogens with zero attached hydrogens (tertiary/aromatic N) is 2. The Morgan fingerprint density at radius 1 is 1.06 bits per heavy atom. The first-order chi connectivity index (χ1) is 7.75. The van der Waals surface area contributed by atoms with E-state index in [0.717, 1.165) is 12.8 Å². The standard InChI is InChI=1S/C12H20N2O2/c15-12(16)14-8-4-11(5-9-14)10-13-6-2-1-3-7-13/h10H,1-9H2,(H,15,16). The van der Waals surface area contributed by atoms with Crippen LogP contribution in [0.15, 0.2) is 11.8 Å². The van der Waals surface area contributed by atoms with Crippen molar-refractivity contribution in [3.63, 3.8) is 0 Å². The molecule has 16 heavy (non-hydrogen) atoms. The Labute approximate surface area is 96.5 Å². The van der Waals surface area contributed by atoms with Crippen LogP contribution >= 0.6 is 0 Å². The van der Waals surface area contributed by atoms with Crippen LogP contribution in [-0.4, -0.2) is 47.2 Å². The van der Waals surface area contributed by atoms with Gasteiger partial charge in [0.2, 0.25) is 0 Å². The Hall–Kier alpha value is -1.19. The van der Waals surface area contributed by atoms with Gasteiger partial charge in [-0.05, 0) is 38.3 Å². The zero-order valence-corrected chi connectivity index (χ0v) is 9.69. The van der Waals surface area contributed by atoms with Crippen LogP contribution in [0.5, 0.6) is 0 Å².